The molecule has 0 fully saturated rings. The predicted molar refractivity (Wildman–Crippen MR) is 99.7 cm³/mol. The molecule has 0 radical (unpaired) electrons. The first-order valence-electron chi connectivity index (χ1n) is 8.14. The molecule has 0 spiro atoms. The lowest BCUT2D eigenvalue weighted by Gasteiger charge is -2.09. The largest absolute Gasteiger partial charge is 0.372 e. The Balaban J connectivity index is 1.89. The third-order valence-corrected chi connectivity index (χ3v) is 4.46. The van der Waals surface area contributed by atoms with Gasteiger partial charge in [-0.05, 0) is 36.4 Å². The van der Waals surface area contributed by atoms with Gasteiger partial charge < -0.3 is 9.88 Å². The number of fused-ring (bicyclic) bond motifs is 1. The quantitative estimate of drug-likeness (QED) is 0.608. The molecular weight excluding hydrogens is 329 g/mol. The summed E-state index contributed by atoms with van der Waals surface area (Å²) in [5, 5.41) is 17.6. The van der Waals surface area contributed by atoms with E-state index in [1.54, 1.807) is 17.8 Å². The monoisotopic (exact) mass is 345 g/mol. The zero-order valence-electron chi connectivity index (χ0n) is 14.4. The predicted octanol–water partition coefficient (Wildman–Crippen LogP) is 4.08. The number of anilines is 1. The van der Waals surface area contributed by atoms with Crippen molar-refractivity contribution in [3.63, 3.8) is 0 Å². The van der Waals surface area contributed by atoms with Crippen molar-refractivity contribution < 1.29 is 4.39 Å². The van der Waals surface area contributed by atoms with E-state index in [0.29, 0.717) is 11.4 Å². The second-order valence-corrected chi connectivity index (χ2v) is 6.05. The maximum absolute atomic E-state index is 14.1. The first-order chi connectivity index (χ1) is 12.6. The SMILES string of the molecule is CNc1cc(-c2ccc(C#N)c(F)c2)n(-c2ccc3c(ccn3C)c2)n1. The summed E-state index contributed by atoms with van der Waals surface area (Å²) in [6.45, 7) is 0. The van der Waals surface area contributed by atoms with Gasteiger partial charge in [-0.25, -0.2) is 9.07 Å². The van der Waals surface area contributed by atoms with Crippen LogP contribution in [-0.4, -0.2) is 21.4 Å². The molecule has 128 valence electrons. The average Bonchev–Trinajstić information content (AvgIpc) is 3.25. The molecule has 4 aromatic rings. The second kappa shape index (κ2) is 6.05. The van der Waals surface area contributed by atoms with Crippen LogP contribution < -0.4 is 5.32 Å². The summed E-state index contributed by atoms with van der Waals surface area (Å²) in [6, 6.07) is 16.4. The van der Waals surface area contributed by atoms with E-state index in [1.165, 1.54) is 12.1 Å². The molecule has 0 atom stereocenters. The van der Waals surface area contributed by atoms with Crippen LogP contribution in [0.1, 0.15) is 5.56 Å². The minimum atomic E-state index is -0.540. The van der Waals surface area contributed by atoms with E-state index in [2.05, 4.69) is 15.0 Å². The standard InChI is InChI=1S/C20H16FN5/c1-23-20-11-19(13-3-4-15(12-22)17(21)10-13)26(24-20)16-5-6-18-14(9-16)7-8-25(18)2/h3-11H,1-2H3,(H,23,24). The van der Waals surface area contributed by atoms with Gasteiger partial charge in [-0.2, -0.15) is 5.26 Å². The molecule has 2 heterocycles. The molecule has 0 aliphatic rings. The smallest absolute Gasteiger partial charge is 0.148 e. The van der Waals surface area contributed by atoms with Crippen LogP contribution in [0.25, 0.3) is 27.8 Å². The number of rotatable bonds is 3. The molecule has 0 aliphatic heterocycles. The van der Waals surface area contributed by atoms with E-state index < -0.39 is 5.82 Å². The maximum Gasteiger partial charge on any atom is 0.148 e. The van der Waals surface area contributed by atoms with Gasteiger partial charge in [0.05, 0.1) is 16.9 Å². The van der Waals surface area contributed by atoms with Crippen molar-refractivity contribution in [2.45, 2.75) is 0 Å². The van der Waals surface area contributed by atoms with Gasteiger partial charge in [0.1, 0.15) is 17.7 Å². The average molecular weight is 345 g/mol. The normalized spacial score (nSPS) is 10.8. The van der Waals surface area contributed by atoms with Crippen LogP contribution >= 0.6 is 0 Å². The summed E-state index contributed by atoms with van der Waals surface area (Å²) < 4.78 is 17.9. The molecule has 0 amide bonds. The van der Waals surface area contributed by atoms with Gasteiger partial charge in [0.25, 0.3) is 0 Å². The first-order valence-corrected chi connectivity index (χ1v) is 8.14. The molecule has 5 nitrogen and oxygen atoms in total. The Kier molecular flexibility index (Phi) is 3.70. The van der Waals surface area contributed by atoms with E-state index in [0.717, 1.165) is 22.3 Å². The number of nitrogens with one attached hydrogen (secondary N) is 1. The summed E-state index contributed by atoms with van der Waals surface area (Å²) >= 11 is 0. The number of aryl methyl sites for hydroxylation is 1. The third-order valence-electron chi connectivity index (χ3n) is 4.46. The van der Waals surface area contributed by atoms with E-state index in [9.17, 15) is 4.39 Å². The molecule has 2 aromatic heterocycles. The fourth-order valence-electron chi connectivity index (χ4n) is 3.07. The highest BCUT2D eigenvalue weighted by atomic mass is 19.1. The summed E-state index contributed by atoms with van der Waals surface area (Å²) in [4.78, 5) is 0. The molecule has 26 heavy (non-hydrogen) atoms. The van der Waals surface area contributed by atoms with Crippen molar-refractivity contribution in [2.24, 2.45) is 7.05 Å². The summed E-state index contributed by atoms with van der Waals surface area (Å²) in [7, 11) is 3.79. The molecular formula is C20H16FN5. The number of hydrogen-bond acceptors (Lipinski definition) is 3. The number of nitriles is 1. The van der Waals surface area contributed by atoms with Gasteiger partial charge in [-0.3, -0.25) is 0 Å². The van der Waals surface area contributed by atoms with Gasteiger partial charge >= 0.3 is 0 Å². The van der Waals surface area contributed by atoms with Gasteiger partial charge in [0.2, 0.25) is 0 Å². The first kappa shape index (κ1) is 15.9. The zero-order valence-corrected chi connectivity index (χ0v) is 14.4. The molecule has 6 heteroatoms. The van der Waals surface area contributed by atoms with Crippen molar-refractivity contribution in [1.29, 1.82) is 5.26 Å². The summed E-state index contributed by atoms with van der Waals surface area (Å²) in [5.74, 6) is 0.139. The number of aromatic nitrogens is 3. The fourth-order valence-corrected chi connectivity index (χ4v) is 3.07. The highest BCUT2D eigenvalue weighted by Crippen LogP contribution is 2.29. The Hall–Kier alpha value is -3.59. The Morgan fingerprint density at radius 1 is 1.12 bits per heavy atom. The van der Waals surface area contributed by atoms with E-state index in [4.69, 9.17) is 5.26 Å². The Morgan fingerprint density at radius 3 is 2.69 bits per heavy atom. The van der Waals surface area contributed by atoms with Gasteiger partial charge in [-0.1, -0.05) is 6.07 Å². The van der Waals surface area contributed by atoms with Gasteiger partial charge in [-0.15, -0.1) is 5.10 Å². The van der Waals surface area contributed by atoms with Crippen molar-refractivity contribution >= 4 is 16.7 Å². The van der Waals surface area contributed by atoms with E-state index >= 15 is 0 Å². The van der Waals surface area contributed by atoms with Crippen LogP contribution in [0.2, 0.25) is 0 Å². The molecule has 0 saturated heterocycles. The highest BCUT2D eigenvalue weighted by molar-refractivity contribution is 5.82. The lowest BCUT2D eigenvalue weighted by Crippen LogP contribution is -2.00. The van der Waals surface area contributed by atoms with Crippen LogP contribution in [0.3, 0.4) is 0 Å². The Bertz CT molecular complexity index is 1160. The number of hydrogen-bond donors (Lipinski definition) is 1. The molecule has 0 bridgehead atoms. The Morgan fingerprint density at radius 2 is 1.96 bits per heavy atom. The van der Waals surface area contributed by atoms with Crippen molar-refractivity contribution in [2.75, 3.05) is 12.4 Å². The van der Waals surface area contributed by atoms with Crippen molar-refractivity contribution in [3.8, 4) is 23.0 Å². The van der Waals surface area contributed by atoms with E-state index in [-0.39, 0.29) is 5.56 Å². The molecule has 0 aliphatic carbocycles. The van der Waals surface area contributed by atoms with Crippen LogP contribution in [0.5, 0.6) is 0 Å². The summed E-state index contributed by atoms with van der Waals surface area (Å²) in [5.41, 5.74) is 3.43. The van der Waals surface area contributed by atoms with Crippen LogP contribution in [0, 0.1) is 17.1 Å². The van der Waals surface area contributed by atoms with Gasteiger partial charge in [0, 0.05) is 42.8 Å². The summed E-state index contributed by atoms with van der Waals surface area (Å²) in [6.07, 6.45) is 2.01. The second-order valence-electron chi connectivity index (χ2n) is 6.05. The van der Waals surface area contributed by atoms with E-state index in [1.807, 2.05) is 49.6 Å². The van der Waals surface area contributed by atoms with Crippen LogP contribution in [0.4, 0.5) is 10.2 Å². The molecule has 2 aromatic carbocycles. The molecule has 0 saturated carbocycles. The lowest BCUT2D eigenvalue weighted by molar-refractivity contribution is 0.624. The highest BCUT2D eigenvalue weighted by Gasteiger charge is 2.14. The maximum atomic E-state index is 14.1. The fraction of sp³-hybridized carbons (Fsp3) is 0.100. The van der Waals surface area contributed by atoms with Crippen molar-refractivity contribution in [1.82, 2.24) is 14.3 Å². The third kappa shape index (κ3) is 2.50. The lowest BCUT2D eigenvalue weighted by atomic mass is 10.1. The minimum absolute atomic E-state index is 0.0272. The minimum Gasteiger partial charge on any atom is -0.372 e. The molecule has 0 unspecified atom stereocenters. The van der Waals surface area contributed by atoms with Crippen LogP contribution in [0.15, 0.2) is 54.7 Å². The van der Waals surface area contributed by atoms with Crippen LogP contribution in [-0.2, 0) is 7.05 Å². The molecule has 1 N–H and O–H groups in total. The number of halogens is 1. The topological polar surface area (TPSA) is 58.6 Å². The number of nitrogens with zero attached hydrogens (tertiary/aromatic N) is 4. The number of benzene rings is 2. The molecule has 4 rings (SSSR count). The zero-order chi connectivity index (χ0) is 18.3. The van der Waals surface area contributed by atoms with Gasteiger partial charge in [0.15, 0.2) is 0 Å². The van der Waals surface area contributed by atoms with Crippen molar-refractivity contribution in [3.05, 3.63) is 66.1 Å². The Labute approximate surface area is 149 Å².